The van der Waals surface area contributed by atoms with E-state index in [0.29, 0.717) is 0 Å². The van der Waals surface area contributed by atoms with E-state index in [1.807, 2.05) is 0 Å². The summed E-state index contributed by atoms with van der Waals surface area (Å²) >= 11 is 0. The predicted octanol–water partition coefficient (Wildman–Crippen LogP) is -1.65. The monoisotopic (exact) mass is 218 g/mol. The summed E-state index contributed by atoms with van der Waals surface area (Å²) in [6.07, 6.45) is 2.07. The number of likely N-dealkylation sites (N-methyl/N-ethyl adjacent to an activating group) is 2. The topological polar surface area (TPSA) is 3.24 Å². The molecule has 1 fully saturated rings. The molecule has 0 bridgehead atoms. The molecule has 3 heteroatoms. The van der Waals surface area contributed by atoms with Crippen molar-refractivity contribution in [3.63, 3.8) is 0 Å². The molecule has 0 N–H and O–H groups in total. The molecule has 2 nitrogen and oxygen atoms in total. The molecule has 1 aliphatic rings. The van der Waals surface area contributed by atoms with E-state index >= 15 is 0 Å². The molecule has 0 aromatic rings. The highest BCUT2D eigenvalue weighted by molar-refractivity contribution is 4.70. The molecule has 0 aliphatic carbocycles. The van der Waals surface area contributed by atoms with Crippen LogP contribution >= 0.6 is 0 Å². The highest BCUT2D eigenvalue weighted by Crippen LogP contribution is 2.12. The van der Waals surface area contributed by atoms with Crippen molar-refractivity contribution in [2.75, 3.05) is 45.8 Å². The quantitative estimate of drug-likeness (QED) is 0.404. The Bertz CT molecular complexity index is 163. The van der Waals surface area contributed by atoms with Crippen molar-refractivity contribution in [2.45, 2.75) is 13.8 Å². The molecule has 0 aromatic heterocycles. The van der Waals surface area contributed by atoms with Crippen LogP contribution in [0.1, 0.15) is 13.8 Å². The van der Waals surface area contributed by atoms with Crippen LogP contribution in [-0.2, 0) is 0 Å². The molecular formula is C11H23ClN2. The molecule has 0 spiro atoms. The molecule has 14 heavy (non-hydrogen) atoms. The largest absolute Gasteiger partial charge is 1.00 e. The standard InChI is InChI=1S/C11H23N2.ClH/c1-4-9-13(6-3)10-7-12(5-2)8-11-13;/h4H,1,5-11H2,2-3H3;1H/q+1;/p-1. The zero-order valence-corrected chi connectivity index (χ0v) is 10.3. The van der Waals surface area contributed by atoms with E-state index in [0.717, 1.165) is 6.54 Å². The molecule has 0 radical (unpaired) electrons. The van der Waals surface area contributed by atoms with Crippen LogP contribution in [0.4, 0.5) is 0 Å². The SMILES string of the molecule is C=CC[N+]1(CC)CCN(CC)CC1.[Cl-]. The Balaban J connectivity index is 0.00000169. The third-order valence-corrected chi connectivity index (χ3v) is 3.42. The Morgan fingerprint density at radius 2 is 1.86 bits per heavy atom. The number of nitrogens with zero attached hydrogens (tertiary/aromatic N) is 2. The molecule has 0 unspecified atom stereocenters. The first-order valence-corrected chi connectivity index (χ1v) is 5.44. The van der Waals surface area contributed by atoms with Crippen LogP contribution in [0.3, 0.4) is 0 Å². The van der Waals surface area contributed by atoms with E-state index in [1.54, 1.807) is 0 Å². The summed E-state index contributed by atoms with van der Waals surface area (Å²) in [6.45, 7) is 17.1. The van der Waals surface area contributed by atoms with Crippen molar-refractivity contribution < 1.29 is 16.9 Å². The molecule has 1 rings (SSSR count). The Hall–Kier alpha value is -0.0500. The second-order valence-corrected chi connectivity index (χ2v) is 4.01. The zero-order valence-electron chi connectivity index (χ0n) is 9.51. The lowest BCUT2D eigenvalue weighted by atomic mass is 10.2. The highest BCUT2D eigenvalue weighted by atomic mass is 35.5. The molecule has 0 atom stereocenters. The summed E-state index contributed by atoms with van der Waals surface area (Å²) in [6, 6.07) is 0. The van der Waals surface area contributed by atoms with Gasteiger partial charge in [-0.1, -0.05) is 13.5 Å². The van der Waals surface area contributed by atoms with E-state index in [4.69, 9.17) is 0 Å². The van der Waals surface area contributed by atoms with Gasteiger partial charge in [-0.25, -0.2) is 0 Å². The van der Waals surface area contributed by atoms with Gasteiger partial charge in [-0.15, -0.1) is 0 Å². The highest BCUT2D eigenvalue weighted by Gasteiger charge is 2.29. The molecule has 1 saturated heterocycles. The molecule has 0 aromatic carbocycles. The third kappa shape index (κ3) is 3.26. The van der Waals surface area contributed by atoms with Crippen LogP contribution in [-0.4, -0.2) is 55.2 Å². The van der Waals surface area contributed by atoms with E-state index < -0.39 is 0 Å². The first kappa shape index (κ1) is 13.9. The second-order valence-electron chi connectivity index (χ2n) is 4.01. The molecular weight excluding hydrogens is 196 g/mol. The van der Waals surface area contributed by atoms with Crippen LogP contribution in [0.25, 0.3) is 0 Å². The number of rotatable bonds is 4. The fourth-order valence-corrected chi connectivity index (χ4v) is 2.15. The normalized spacial score (nSPS) is 21.3. The summed E-state index contributed by atoms with van der Waals surface area (Å²) in [5.74, 6) is 0. The van der Waals surface area contributed by atoms with Crippen LogP contribution in [0.5, 0.6) is 0 Å². The van der Waals surface area contributed by atoms with Gasteiger partial charge in [-0.05, 0) is 19.5 Å². The van der Waals surface area contributed by atoms with Gasteiger partial charge >= 0.3 is 0 Å². The molecule has 1 aliphatic heterocycles. The van der Waals surface area contributed by atoms with Crippen molar-refractivity contribution in [1.82, 2.24) is 4.90 Å². The number of hydrogen-bond donors (Lipinski definition) is 0. The van der Waals surface area contributed by atoms with E-state index in [2.05, 4.69) is 31.4 Å². The first-order valence-electron chi connectivity index (χ1n) is 5.44. The Kier molecular flexibility index (Phi) is 6.41. The maximum atomic E-state index is 3.86. The van der Waals surface area contributed by atoms with Gasteiger partial charge in [0.15, 0.2) is 0 Å². The smallest absolute Gasteiger partial charge is 0.0971 e. The molecule has 0 saturated carbocycles. The van der Waals surface area contributed by atoms with Crippen molar-refractivity contribution >= 4 is 0 Å². The van der Waals surface area contributed by atoms with E-state index in [-0.39, 0.29) is 12.4 Å². The van der Waals surface area contributed by atoms with Gasteiger partial charge < -0.3 is 16.9 Å². The lowest BCUT2D eigenvalue weighted by molar-refractivity contribution is -0.925. The van der Waals surface area contributed by atoms with Crippen LogP contribution in [0, 0.1) is 0 Å². The Morgan fingerprint density at radius 3 is 2.21 bits per heavy atom. The minimum Gasteiger partial charge on any atom is -1.00 e. The number of quaternary nitrogens is 1. The molecule has 0 amide bonds. The number of hydrogen-bond acceptors (Lipinski definition) is 1. The fourth-order valence-electron chi connectivity index (χ4n) is 2.15. The molecule has 1 heterocycles. The predicted molar refractivity (Wildman–Crippen MR) is 57.7 cm³/mol. The van der Waals surface area contributed by atoms with Crippen molar-refractivity contribution in [1.29, 1.82) is 0 Å². The second kappa shape index (κ2) is 6.44. The summed E-state index contributed by atoms with van der Waals surface area (Å²) in [5, 5.41) is 0. The van der Waals surface area contributed by atoms with Gasteiger partial charge in [0.25, 0.3) is 0 Å². The maximum absolute atomic E-state index is 3.86. The van der Waals surface area contributed by atoms with Gasteiger partial charge in [-0.2, -0.15) is 0 Å². The number of piperazine rings is 1. The van der Waals surface area contributed by atoms with Crippen LogP contribution < -0.4 is 12.4 Å². The Labute approximate surface area is 94.6 Å². The minimum atomic E-state index is 0. The average molecular weight is 219 g/mol. The molecule has 84 valence electrons. The van der Waals surface area contributed by atoms with Crippen molar-refractivity contribution in [3.05, 3.63) is 12.7 Å². The van der Waals surface area contributed by atoms with Crippen LogP contribution in [0.15, 0.2) is 12.7 Å². The summed E-state index contributed by atoms with van der Waals surface area (Å²) in [4.78, 5) is 2.54. The maximum Gasteiger partial charge on any atom is 0.0971 e. The van der Waals surface area contributed by atoms with Gasteiger partial charge in [0.1, 0.15) is 0 Å². The fraction of sp³-hybridized carbons (Fsp3) is 0.818. The summed E-state index contributed by atoms with van der Waals surface area (Å²) in [7, 11) is 0. The summed E-state index contributed by atoms with van der Waals surface area (Å²) < 4.78 is 1.25. The van der Waals surface area contributed by atoms with Crippen LogP contribution in [0.2, 0.25) is 0 Å². The summed E-state index contributed by atoms with van der Waals surface area (Å²) in [5.41, 5.74) is 0. The number of halogens is 1. The first-order chi connectivity index (χ1) is 6.26. The average Bonchev–Trinajstić information content (AvgIpc) is 2.19. The lowest BCUT2D eigenvalue weighted by Gasteiger charge is -2.43. The lowest BCUT2D eigenvalue weighted by Crippen LogP contribution is -3.00. The van der Waals surface area contributed by atoms with Gasteiger partial charge in [0.2, 0.25) is 0 Å². The Morgan fingerprint density at radius 1 is 1.29 bits per heavy atom. The third-order valence-electron chi connectivity index (χ3n) is 3.42. The van der Waals surface area contributed by atoms with E-state index in [9.17, 15) is 0 Å². The van der Waals surface area contributed by atoms with Gasteiger partial charge in [-0.3, -0.25) is 4.90 Å². The zero-order chi connectivity index (χ0) is 9.73. The minimum absolute atomic E-state index is 0. The van der Waals surface area contributed by atoms with Crippen molar-refractivity contribution in [3.8, 4) is 0 Å². The van der Waals surface area contributed by atoms with Gasteiger partial charge in [0, 0.05) is 13.1 Å². The van der Waals surface area contributed by atoms with E-state index in [1.165, 1.54) is 43.8 Å². The van der Waals surface area contributed by atoms with Gasteiger partial charge in [0.05, 0.1) is 26.2 Å². The van der Waals surface area contributed by atoms with Crippen molar-refractivity contribution in [2.24, 2.45) is 0 Å².